The van der Waals surface area contributed by atoms with Crippen molar-refractivity contribution in [2.45, 2.75) is 19.9 Å². The second-order valence-electron chi connectivity index (χ2n) is 6.30. The lowest BCUT2D eigenvalue weighted by Gasteiger charge is -2.19. The van der Waals surface area contributed by atoms with Crippen LogP contribution < -0.4 is 10.2 Å². The maximum Gasteiger partial charge on any atom is 0.279 e. The van der Waals surface area contributed by atoms with E-state index in [1.807, 2.05) is 45.2 Å². The molecule has 0 saturated carbocycles. The number of nitrogens with zero attached hydrogens (tertiary/aromatic N) is 1. The normalized spacial score (nSPS) is 13.6. The van der Waals surface area contributed by atoms with Crippen LogP contribution in [0.25, 0.3) is 10.2 Å². The Kier molecular flexibility index (Phi) is 5.11. The molecule has 2 N–H and O–H groups in total. The topological polar surface area (TPSA) is 46.4 Å². The van der Waals surface area contributed by atoms with Crippen molar-refractivity contribution in [1.82, 2.24) is 4.98 Å². The van der Waals surface area contributed by atoms with E-state index in [-0.39, 0.29) is 24.2 Å². The SMILES string of the molecule is Cc1ccc(NC(=O)C[NH+](C)[C@@H](C)c2nc3ccccc3s2)c(F)c1. The fourth-order valence-corrected chi connectivity index (χ4v) is 3.72. The van der Waals surface area contributed by atoms with Gasteiger partial charge in [-0.05, 0) is 43.7 Å². The summed E-state index contributed by atoms with van der Waals surface area (Å²) in [6.45, 7) is 4.10. The fraction of sp³-hybridized carbons (Fsp3) is 0.263. The largest absolute Gasteiger partial charge is 0.322 e. The molecular weight excluding hydrogens is 337 g/mol. The van der Waals surface area contributed by atoms with E-state index >= 15 is 0 Å². The maximum absolute atomic E-state index is 13.9. The number of carbonyl (C=O) groups excluding carboxylic acids is 1. The molecule has 2 aromatic carbocycles. The third-order valence-electron chi connectivity index (χ3n) is 4.26. The standard InChI is InChI=1S/C19H20FN3OS/c1-12-8-9-15(14(20)10-12)21-18(24)11-23(3)13(2)19-22-16-6-4-5-7-17(16)25-19/h4-10,13H,11H2,1-3H3,(H,21,24)/p+1/t13-/m0/s1. The maximum atomic E-state index is 13.9. The highest BCUT2D eigenvalue weighted by Crippen LogP contribution is 2.24. The quantitative estimate of drug-likeness (QED) is 0.737. The lowest BCUT2D eigenvalue weighted by Crippen LogP contribution is -3.10. The number of anilines is 1. The number of nitrogens with one attached hydrogen (secondary N) is 2. The zero-order valence-corrected chi connectivity index (χ0v) is 15.3. The van der Waals surface area contributed by atoms with Gasteiger partial charge in [0.25, 0.3) is 5.91 Å². The lowest BCUT2D eigenvalue weighted by molar-refractivity contribution is -0.902. The van der Waals surface area contributed by atoms with Gasteiger partial charge in [0, 0.05) is 0 Å². The van der Waals surface area contributed by atoms with Gasteiger partial charge in [0.15, 0.2) is 11.6 Å². The number of carbonyl (C=O) groups is 1. The molecule has 6 heteroatoms. The molecule has 1 heterocycles. The third-order valence-corrected chi connectivity index (χ3v) is 5.48. The molecule has 1 amide bonds. The van der Waals surface area contributed by atoms with Gasteiger partial charge in [-0.25, -0.2) is 9.37 Å². The summed E-state index contributed by atoms with van der Waals surface area (Å²) in [7, 11) is 1.95. The highest BCUT2D eigenvalue weighted by atomic mass is 32.1. The number of thiazole rings is 1. The number of hydrogen-bond donors (Lipinski definition) is 2. The summed E-state index contributed by atoms with van der Waals surface area (Å²) in [5.41, 5.74) is 2.02. The summed E-state index contributed by atoms with van der Waals surface area (Å²) >= 11 is 1.65. The van der Waals surface area contributed by atoms with Gasteiger partial charge in [0.1, 0.15) is 11.9 Å². The first-order chi connectivity index (χ1) is 11.9. The van der Waals surface area contributed by atoms with Gasteiger partial charge in [-0.15, -0.1) is 11.3 Å². The number of halogens is 1. The molecule has 3 rings (SSSR count). The van der Waals surface area contributed by atoms with Crippen molar-refractivity contribution in [2.75, 3.05) is 18.9 Å². The Balaban J connectivity index is 1.66. The van der Waals surface area contributed by atoms with Crippen LogP contribution in [-0.2, 0) is 4.79 Å². The van der Waals surface area contributed by atoms with Crippen LogP contribution in [0.5, 0.6) is 0 Å². The molecule has 0 aliphatic heterocycles. The Bertz CT molecular complexity index is 876. The van der Waals surface area contributed by atoms with Crippen molar-refractivity contribution < 1.29 is 14.1 Å². The second-order valence-corrected chi connectivity index (χ2v) is 7.36. The molecule has 0 aliphatic carbocycles. The average molecular weight is 358 g/mol. The number of para-hydroxylation sites is 1. The monoisotopic (exact) mass is 358 g/mol. The number of quaternary nitrogens is 1. The Morgan fingerprint density at radius 3 is 2.80 bits per heavy atom. The van der Waals surface area contributed by atoms with Crippen molar-refractivity contribution in [3.05, 3.63) is 58.9 Å². The fourth-order valence-electron chi connectivity index (χ4n) is 2.61. The molecule has 0 fully saturated rings. The van der Waals surface area contributed by atoms with Crippen molar-refractivity contribution in [3.8, 4) is 0 Å². The molecule has 0 spiro atoms. The highest BCUT2D eigenvalue weighted by molar-refractivity contribution is 7.18. The Morgan fingerprint density at radius 1 is 1.32 bits per heavy atom. The molecule has 0 saturated heterocycles. The number of rotatable bonds is 5. The van der Waals surface area contributed by atoms with Crippen LogP contribution >= 0.6 is 11.3 Å². The van der Waals surface area contributed by atoms with Gasteiger partial charge in [-0.3, -0.25) is 4.79 Å². The minimum Gasteiger partial charge on any atom is -0.322 e. The number of likely N-dealkylation sites (N-methyl/N-ethyl adjacent to an activating group) is 1. The molecule has 0 aliphatic rings. The molecule has 4 nitrogen and oxygen atoms in total. The summed E-state index contributed by atoms with van der Waals surface area (Å²) in [4.78, 5) is 17.9. The van der Waals surface area contributed by atoms with E-state index < -0.39 is 5.82 Å². The number of aromatic nitrogens is 1. The second kappa shape index (κ2) is 7.29. The summed E-state index contributed by atoms with van der Waals surface area (Å²) in [5, 5.41) is 3.64. The van der Waals surface area contributed by atoms with E-state index in [9.17, 15) is 9.18 Å². The predicted octanol–water partition coefficient (Wildman–Crippen LogP) is 2.96. The zero-order valence-electron chi connectivity index (χ0n) is 14.5. The van der Waals surface area contributed by atoms with Gasteiger partial charge in [0.05, 0.1) is 23.0 Å². The number of hydrogen-bond acceptors (Lipinski definition) is 3. The average Bonchev–Trinajstić information content (AvgIpc) is 3.00. The van der Waals surface area contributed by atoms with Gasteiger partial charge in [-0.2, -0.15) is 0 Å². The van der Waals surface area contributed by atoms with Crippen molar-refractivity contribution in [2.24, 2.45) is 0 Å². The summed E-state index contributed by atoms with van der Waals surface area (Å²) in [5.74, 6) is -0.626. The Hall–Kier alpha value is -2.31. The first-order valence-corrected chi connectivity index (χ1v) is 8.99. The van der Waals surface area contributed by atoms with E-state index in [0.717, 1.165) is 25.7 Å². The smallest absolute Gasteiger partial charge is 0.279 e. The van der Waals surface area contributed by atoms with Gasteiger partial charge in [0.2, 0.25) is 0 Å². The Morgan fingerprint density at radius 2 is 2.08 bits per heavy atom. The van der Waals surface area contributed by atoms with Crippen molar-refractivity contribution >= 4 is 33.1 Å². The third kappa shape index (κ3) is 4.03. The van der Waals surface area contributed by atoms with E-state index in [1.165, 1.54) is 6.07 Å². The number of amides is 1. The molecule has 3 aromatic rings. The molecule has 0 bridgehead atoms. The van der Waals surface area contributed by atoms with Crippen LogP contribution in [-0.4, -0.2) is 24.5 Å². The van der Waals surface area contributed by atoms with Crippen LogP contribution in [0.3, 0.4) is 0 Å². The minimum absolute atomic E-state index is 0.0750. The molecule has 1 aromatic heterocycles. The molecule has 1 unspecified atom stereocenters. The zero-order chi connectivity index (χ0) is 18.0. The molecule has 0 radical (unpaired) electrons. The summed E-state index contributed by atoms with van der Waals surface area (Å²) in [6.07, 6.45) is 0. The van der Waals surface area contributed by atoms with Crippen LogP contribution in [0, 0.1) is 12.7 Å². The lowest BCUT2D eigenvalue weighted by atomic mass is 10.2. The number of aryl methyl sites for hydroxylation is 1. The number of benzene rings is 2. The predicted molar refractivity (Wildman–Crippen MR) is 99.6 cm³/mol. The van der Waals surface area contributed by atoms with Crippen LogP contribution in [0.15, 0.2) is 42.5 Å². The number of fused-ring (bicyclic) bond motifs is 1. The van der Waals surface area contributed by atoms with E-state index in [4.69, 9.17) is 0 Å². The van der Waals surface area contributed by atoms with E-state index in [2.05, 4.69) is 10.3 Å². The van der Waals surface area contributed by atoms with Gasteiger partial charge >= 0.3 is 0 Å². The van der Waals surface area contributed by atoms with E-state index in [1.54, 1.807) is 23.5 Å². The van der Waals surface area contributed by atoms with E-state index in [0.29, 0.717) is 0 Å². The first-order valence-electron chi connectivity index (χ1n) is 8.18. The minimum atomic E-state index is -0.412. The molecule has 130 valence electrons. The van der Waals surface area contributed by atoms with Gasteiger partial charge in [-0.1, -0.05) is 18.2 Å². The summed E-state index contributed by atoms with van der Waals surface area (Å²) in [6, 6.07) is 12.9. The van der Waals surface area contributed by atoms with Gasteiger partial charge < -0.3 is 10.2 Å². The molecular formula is C19H21FN3OS+. The van der Waals surface area contributed by atoms with Crippen LogP contribution in [0.4, 0.5) is 10.1 Å². The first kappa shape index (κ1) is 17.5. The van der Waals surface area contributed by atoms with Crippen molar-refractivity contribution in [3.63, 3.8) is 0 Å². The van der Waals surface area contributed by atoms with Crippen LogP contribution in [0.2, 0.25) is 0 Å². The molecule has 25 heavy (non-hydrogen) atoms. The Labute approximate surface area is 150 Å². The van der Waals surface area contributed by atoms with Crippen LogP contribution in [0.1, 0.15) is 23.5 Å². The summed E-state index contributed by atoms with van der Waals surface area (Å²) < 4.78 is 15.0. The molecule has 2 atom stereocenters. The highest BCUT2D eigenvalue weighted by Gasteiger charge is 2.22. The van der Waals surface area contributed by atoms with Crippen molar-refractivity contribution in [1.29, 1.82) is 0 Å².